The van der Waals surface area contributed by atoms with Crippen LogP contribution in [0.4, 0.5) is 5.82 Å². The van der Waals surface area contributed by atoms with Crippen molar-refractivity contribution in [2.45, 2.75) is 18.7 Å². The third-order valence-electron chi connectivity index (χ3n) is 2.35. The average molecular weight is 268 g/mol. The van der Waals surface area contributed by atoms with Crippen LogP contribution in [0.3, 0.4) is 0 Å². The summed E-state index contributed by atoms with van der Waals surface area (Å²) in [6.45, 7) is 3.18. The fourth-order valence-electron chi connectivity index (χ4n) is 1.59. The lowest BCUT2D eigenvalue weighted by molar-refractivity contribution is 0.475. The minimum atomic E-state index is -3.82. The van der Waals surface area contributed by atoms with Gasteiger partial charge in [0.15, 0.2) is 11.6 Å². The van der Waals surface area contributed by atoms with Crippen LogP contribution < -0.4 is 4.72 Å². The molecule has 0 spiro atoms. The SMILES string of the molecule is Cc1n[nH]c(C)c1S(=O)(=O)Nc1ncccc1O. The number of aromatic amines is 1. The van der Waals surface area contributed by atoms with E-state index in [-0.39, 0.29) is 16.5 Å². The molecule has 0 saturated carbocycles. The van der Waals surface area contributed by atoms with E-state index in [4.69, 9.17) is 0 Å². The number of aromatic nitrogens is 3. The molecule has 0 aliphatic heterocycles. The number of pyridine rings is 1. The van der Waals surface area contributed by atoms with Gasteiger partial charge in [-0.15, -0.1) is 0 Å². The van der Waals surface area contributed by atoms with Crippen LogP contribution in [-0.2, 0) is 10.0 Å². The van der Waals surface area contributed by atoms with Crippen molar-refractivity contribution in [2.75, 3.05) is 4.72 Å². The Bertz CT molecular complexity index is 659. The summed E-state index contributed by atoms with van der Waals surface area (Å²) in [5, 5.41) is 15.9. The Labute approximate surface area is 104 Å². The summed E-state index contributed by atoms with van der Waals surface area (Å²) in [6, 6.07) is 2.85. The highest BCUT2D eigenvalue weighted by Crippen LogP contribution is 2.24. The first-order valence-corrected chi connectivity index (χ1v) is 6.58. The summed E-state index contributed by atoms with van der Waals surface area (Å²) in [6.07, 6.45) is 1.38. The normalized spacial score (nSPS) is 11.4. The Kier molecular flexibility index (Phi) is 2.95. The van der Waals surface area contributed by atoms with Crippen LogP contribution in [0.5, 0.6) is 5.75 Å². The van der Waals surface area contributed by atoms with E-state index in [1.165, 1.54) is 18.3 Å². The second-order valence-electron chi connectivity index (χ2n) is 3.74. The second kappa shape index (κ2) is 4.30. The zero-order valence-electron chi connectivity index (χ0n) is 9.80. The van der Waals surface area contributed by atoms with Crippen molar-refractivity contribution in [3.05, 3.63) is 29.7 Å². The summed E-state index contributed by atoms with van der Waals surface area (Å²) in [5.74, 6) is -0.350. The van der Waals surface area contributed by atoms with Crippen molar-refractivity contribution >= 4 is 15.8 Å². The molecule has 2 rings (SSSR count). The molecule has 0 fully saturated rings. The number of hydrogen-bond donors (Lipinski definition) is 3. The maximum atomic E-state index is 12.1. The van der Waals surface area contributed by atoms with Gasteiger partial charge in [-0.05, 0) is 26.0 Å². The van der Waals surface area contributed by atoms with Crippen LogP contribution in [0.15, 0.2) is 23.2 Å². The zero-order valence-corrected chi connectivity index (χ0v) is 10.6. The van der Waals surface area contributed by atoms with Gasteiger partial charge < -0.3 is 5.11 Å². The summed E-state index contributed by atoms with van der Waals surface area (Å²) in [5.41, 5.74) is 0.783. The van der Waals surface area contributed by atoms with E-state index in [2.05, 4.69) is 19.9 Å². The number of aromatic hydroxyl groups is 1. The molecule has 0 radical (unpaired) electrons. The minimum Gasteiger partial charge on any atom is -0.504 e. The quantitative estimate of drug-likeness (QED) is 0.767. The van der Waals surface area contributed by atoms with Gasteiger partial charge in [-0.2, -0.15) is 5.10 Å². The molecule has 96 valence electrons. The summed E-state index contributed by atoms with van der Waals surface area (Å²) < 4.78 is 26.5. The topological polar surface area (TPSA) is 108 Å². The molecule has 2 heterocycles. The van der Waals surface area contributed by atoms with E-state index in [1.54, 1.807) is 13.8 Å². The molecule has 0 aliphatic rings. The molecule has 0 aliphatic carbocycles. The Morgan fingerprint density at radius 1 is 1.39 bits per heavy atom. The Hall–Kier alpha value is -2.09. The molecule has 2 aromatic heterocycles. The first-order valence-electron chi connectivity index (χ1n) is 5.10. The zero-order chi connectivity index (χ0) is 13.3. The average Bonchev–Trinajstić information content (AvgIpc) is 2.62. The second-order valence-corrected chi connectivity index (χ2v) is 5.36. The first kappa shape index (κ1) is 12.4. The summed E-state index contributed by atoms with van der Waals surface area (Å²) >= 11 is 0. The molecule has 0 aromatic carbocycles. The van der Waals surface area contributed by atoms with Gasteiger partial charge >= 0.3 is 0 Å². The molecule has 18 heavy (non-hydrogen) atoms. The van der Waals surface area contributed by atoms with Gasteiger partial charge in [0.2, 0.25) is 0 Å². The molecule has 0 bridgehead atoms. The first-order chi connectivity index (χ1) is 8.42. The number of nitrogens with zero attached hydrogens (tertiary/aromatic N) is 2. The third kappa shape index (κ3) is 2.14. The molecule has 2 aromatic rings. The highest BCUT2D eigenvalue weighted by molar-refractivity contribution is 7.92. The number of hydrogen-bond acceptors (Lipinski definition) is 5. The number of aryl methyl sites for hydroxylation is 2. The molecular weight excluding hydrogens is 256 g/mol. The van der Waals surface area contributed by atoms with Crippen molar-refractivity contribution in [3.8, 4) is 5.75 Å². The van der Waals surface area contributed by atoms with Crippen LogP contribution in [-0.4, -0.2) is 28.7 Å². The highest BCUT2D eigenvalue weighted by atomic mass is 32.2. The summed E-state index contributed by atoms with van der Waals surface area (Å²) in [4.78, 5) is 3.82. The monoisotopic (exact) mass is 268 g/mol. The number of nitrogens with one attached hydrogen (secondary N) is 2. The van der Waals surface area contributed by atoms with Gasteiger partial charge in [0, 0.05) is 6.20 Å². The van der Waals surface area contributed by atoms with Gasteiger partial charge in [-0.25, -0.2) is 13.4 Å². The number of sulfonamides is 1. The largest absolute Gasteiger partial charge is 0.504 e. The smallest absolute Gasteiger partial charge is 0.266 e. The van der Waals surface area contributed by atoms with E-state index in [1.807, 2.05) is 0 Å². The molecule has 8 heteroatoms. The molecule has 3 N–H and O–H groups in total. The lowest BCUT2D eigenvalue weighted by Gasteiger charge is -2.08. The van der Waals surface area contributed by atoms with Gasteiger partial charge in [-0.1, -0.05) is 0 Å². The molecule has 0 amide bonds. The maximum Gasteiger partial charge on any atom is 0.266 e. The Morgan fingerprint density at radius 3 is 2.67 bits per heavy atom. The molecule has 7 nitrogen and oxygen atoms in total. The predicted octanol–water partition coefficient (Wildman–Crippen LogP) is 0.928. The fourth-order valence-corrected chi connectivity index (χ4v) is 2.99. The Balaban J connectivity index is 2.43. The van der Waals surface area contributed by atoms with Gasteiger partial charge in [0.05, 0.1) is 11.4 Å². The van der Waals surface area contributed by atoms with E-state index in [0.717, 1.165) is 0 Å². The lowest BCUT2D eigenvalue weighted by atomic mass is 10.4. The Morgan fingerprint density at radius 2 is 2.11 bits per heavy atom. The fraction of sp³-hybridized carbons (Fsp3) is 0.200. The predicted molar refractivity (Wildman–Crippen MR) is 64.8 cm³/mol. The number of anilines is 1. The molecule has 0 saturated heterocycles. The van der Waals surface area contributed by atoms with Crippen molar-refractivity contribution in [3.63, 3.8) is 0 Å². The van der Waals surface area contributed by atoms with E-state index in [9.17, 15) is 13.5 Å². The third-order valence-corrected chi connectivity index (χ3v) is 3.95. The van der Waals surface area contributed by atoms with Crippen molar-refractivity contribution in [2.24, 2.45) is 0 Å². The standard InChI is InChI=1S/C10H12N4O3S/c1-6-9(7(2)13-12-6)18(16,17)14-10-8(15)4-3-5-11-10/h3-5,15H,1-2H3,(H,11,14)(H,12,13). The van der Waals surface area contributed by atoms with Crippen molar-refractivity contribution in [1.29, 1.82) is 0 Å². The maximum absolute atomic E-state index is 12.1. The van der Waals surface area contributed by atoms with Crippen LogP contribution >= 0.6 is 0 Å². The lowest BCUT2D eigenvalue weighted by Crippen LogP contribution is -2.15. The summed E-state index contributed by atoms with van der Waals surface area (Å²) in [7, 11) is -3.82. The van der Waals surface area contributed by atoms with E-state index >= 15 is 0 Å². The molecule has 0 unspecified atom stereocenters. The molecular formula is C10H12N4O3S. The van der Waals surface area contributed by atoms with E-state index < -0.39 is 10.0 Å². The van der Waals surface area contributed by atoms with Gasteiger partial charge in [-0.3, -0.25) is 9.82 Å². The van der Waals surface area contributed by atoms with Crippen LogP contribution in [0.2, 0.25) is 0 Å². The van der Waals surface area contributed by atoms with E-state index in [0.29, 0.717) is 11.4 Å². The van der Waals surface area contributed by atoms with Gasteiger partial charge in [0.25, 0.3) is 10.0 Å². The molecule has 0 atom stereocenters. The van der Waals surface area contributed by atoms with Crippen LogP contribution in [0.25, 0.3) is 0 Å². The van der Waals surface area contributed by atoms with Crippen LogP contribution in [0, 0.1) is 13.8 Å². The number of rotatable bonds is 3. The number of H-pyrrole nitrogens is 1. The highest BCUT2D eigenvalue weighted by Gasteiger charge is 2.23. The van der Waals surface area contributed by atoms with Crippen molar-refractivity contribution in [1.82, 2.24) is 15.2 Å². The minimum absolute atomic E-state index is 0.0625. The van der Waals surface area contributed by atoms with Gasteiger partial charge in [0.1, 0.15) is 4.90 Å². The van der Waals surface area contributed by atoms with Crippen LogP contribution in [0.1, 0.15) is 11.4 Å². The van der Waals surface area contributed by atoms with Crippen molar-refractivity contribution < 1.29 is 13.5 Å².